The molecule has 0 saturated carbocycles. The fourth-order valence-corrected chi connectivity index (χ4v) is 7.33. The summed E-state index contributed by atoms with van der Waals surface area (Å²) < 4.78 is 36.1. The van der Waals surface area contributed by atoms with E-state index in [-0.39, 0.29) is 45.9 Å². The van der Waals surface area contributed by atoms with Gasteiger partial charge in [0.15, 0.2) is 0 Å². The molecule has 0 spiro atoms. The number of aliphatic imine (C=N–C) groups is 2. The van der Waals surface area contributed by atoms with Gasteiger partial charge in [0.25, 0.3) is 11.8 Å². The van der Waals surface area contributed by atoms with Crippen LogP contribution in [0.5, 0.6) is 0 Å². The number of urea groups is 1. The summed E-state index contributed by atoms with van der Waals surface area (Å²) in [6.07, 6.45) is 2.09. The lowest BCUT2D eigenvalue weighted by Gasteiger charge is -2.38. The first-order valence-corrected chi connectivity index (χ1v) is 21.3. The largest absolute Gasteiger partial charge is 0.382 e. The summed E-state index contributed by atoms with van der Waals surface area (Å²) in [5.74, 6) is -0.826. The minimum Gasteiger partial charge on any atom is -0.382 e. The maximum atomic E-state index is 15.9. The number of methoxy groups -OCH3 is 2. The summed E-state index contributed by atoms with van der Waals surface area (Å²) in [5, 5.41) is 0. The molecule has 1 aliphatic rings. The molecule has 0 unspecified atom stereocenters. The van der Waals surface area contributed by atoms with E-state index in [0.29, 0.717) is 48.3 Å². The van der Waals surface area contributed by atoms with Crippen molar-refractivity contribution in [3.8, 4) is 0 Å². The topological polar surface area (TPSA) is 144 Å². The minimum atomic E-state index is -0.792. The van der Waals surface area contributed by atoms with Crippen LogP contribution in [-0.4, -0.2) is 157 Å². The lowest BCUT2D eigenvalue weighted by Crippen LogP contribution is -2.53. The van der Waals surface area contributed by atoms with Gasteiger partial charge in [0.05, 0.1) is 51.2 Å². The highest BCUT2D eigenvalue weighted by atomic mass is 16.7. The Labute approximate surface area is 377 Å². The zero-order chi connectivity index (χ0) is 45.7. The van der Waals surface area contributed by atoms with Gasteiger partial charge in [-0.25, -0.2) is 4.79 Å². The first kappa shape index (κ1) is 49.2. The monoisotopic (exact) mass is 878 g/mol. The van der Waals surface area contributed by atoms with Crippen LogP contribution in [0.4, 0.5) is 4.79 Å². The van der Waals surface area contributed by atoms with Crippen molar-refractivity contribution in [2.75, 3.05) is 82.4 Å². The molecule has 4 amide bonds. The maximum Gasteiger partial charge on any atom is 0.321 e. The second-order valence-electron chi connectivity index (χ2n) is 15.8. The number of carbonyl (C=O) groups is 3. The van der Waals surface area contributed by atoms with Crippen molar-refractivity contribution < 1.29 is 42.8 Å². The van der Waals surface area contributed by atoms with E-state index in [4.69, 9.17) is 28.4 Å². The van der Waals surface area contributed by atoms with Gasteiger partial charge < -0.3 is 48.0 Å². The molecule has 0 aromatic heterocycles. The Kier molecular flexibility index (Phi) is 20.1. The molecule has 15 nitrogen and oxygen atoms in total. The van der Waals surface area contributed by atoms with Gasteiger partial charge >= 0.3 is 6.03 Å². The van der Waals surface area contributed by atoms with Gasteiger partial charge in [0, 0.05) is 66.6 Å². The van der Waals surface area contributed by atoms with E-state index in [9.17, 15) is 9.59 Å². The van der Waals surface area contributed by atoms with E-state index in [1.165, 1.54) is 12.7 Å². The smallest absolute Gasteiger partial charge is 0.321 e. The van der Waals surface area contributed by atoms with Crippen LogP contribution in [-0.2, 0) is 54.4 Å². The van der Waals surface area contributed by atoms with Gasteiger partial charge in [-0.3, -0.25) is 9.59 Å². The summed E-state index contributed by atoms with van der Waals surface area (Å²) in [5.41, 5.74) is 4.11. The number of hydrogen-bond donors (Lipinski definition) is 0. The molecule has 1 saturated heterocycles. The maximum absolute atomic E-state index is 15.9. The highest BCUT2D eigenvalue weighted by Crippen LogP contribution is 2.33. The predicted octanol–water partition coefficient (Wildman–Crippen LogP) is 5.82. The van der Waals surface area contributed by atoms with Crippen molar-refractivity contribution in [1.82, 2.24) is 19.6 Å². The van der Waals surface area contributed by atoms with Crippen LogP contribution < -0.4 is 0 Å². The average molecular weight is 879 g/mol. The van der Waals surface area contributed by atoms with E-state index in [1.54, 1.807) is 88.6 Å². The highest BCUT2D eigenvalue weighted by molar-refractivity contribution is 5.99. The SMILES string of the molecule is COCCOCO[C@@H]1[C@@H](OCOCCOC)[C@@H](Cc2ccccc2)N(Cc2cccc(C(=O)N=CN(C)C)c2)C(=O)N(Cc2cccc(C(=O)N=CN(C)C)c2)[C@@H]1Cc1ccccc1. The van der Waals surface area contributed by atoms with Crippen LogP contribution in [0.2, 0.25) is 0 Å². The van der Waals surface area contributed by atoms with E-state index in [0.717, 1.165) is 11.1 Å². The summed E-state index contributed by atoms with van der Waals surface area (Å²) in [6.45, 7) is 1.26. The summed E-state index contributed by atoms with van der Waals surface area (Å²) in [4.78, 5) is 57.7. The number of rotatable bonds is 24. The molecule has 342 valence electrons. The van der Waals surface area contributed by atoms with Crippen LogP contribution in [0.1, 0.15) is 43.0 Å². The van der Waals surface area contributed by atoms with Crippen LogP contribution >= 0.6 is 0 Å². The second-order valence-corrected chi connectivity index (χ2v) is 15.8. The van der Waals surface area contributed by atoms with Gasteiger partial charge in [0.1, 0.15) is 25.8 Å². The second kappa shape index (κ2) is 26.1. The predicted molar refractivity (Wildman–Crippen MR) is 245 cm³/mol. The van der Waals surface area contributed by atoms with E-state index < -0.39 is 36.1 Å². The number of amides is 4. The van der Waals surface area contributed by atoms with Gasteiger partial charge in [0.2, 0.25) is 0 Å². The van der Waals surface area contributed by atoms with Crippen LogP contribution in [0.3, 0.4) is 0 Å². The molecule has 0 radical (unpaired) electrons. The first-order chi connectivity index (χ1) is 31.1. The Morgan fingerprint density at radius 1 is 0.562 bits per heavy atom. The molecule has 1 heterocycles. The number of nitrogens with zero attached hydrogens (tertiary/aromatic N) is 6. The molecule has 1 fully saturated rings. The molecule has 0 bridgehead atoms. The highest BCUT2D eigenvalue weighted by Gasteiger charge is 2.49. The van der Waals surface area contributed by atoms with Crippen molar-refractivity contribution in [1.29, 1.82) is 0 Å². The van der Waals surface area contributed by atoms with E-state index in [2.05, 4.69) is 9.98 Å². The Morgan fingerprint density at radius 3 is 1.33 bits per heavy atom. The van der Waals surface area contributed by atoms with Crippen molar-refractivity contribution in [3.63, 3.8) is 0 Å². The van der Waals surface area contributed by atoms with Crippen LogP contribution in [0.25, 0.3) is 0 Å². The third-order valence-electron chi connectivity index (χ3n) is 10.4. The van der Waals surface area contributed by atoms with Crippen molar-refractivity contribution in [2.45, 2.75) is 50.2 Å². The molecule has 15 heteroatoms. The summed E-state index contributed by atoms with van der Waals surface area (Å²) in [6, 6.07) is 32.6. The van der Waals surface area contributed by atoms with Crippen molar-refractivity contribution in [3.05, 3.63) is 143 Å². The molecular weight excluding hydrogens is 817 g/mol. The number of carbonyl (C=O) groups excluding carboxylic acids is 3. The molecule has 5 rings (SSSR count). The van der Waals surface area contributed by atoms with Gasteiger partial charge in [-0.05, 0) is 59.4 Å². The van der Waals surface area contributed by atoms with Gasteiger partial charge in [-0.1, -0.05) is 84.9 Å². The van der Waals surface area contributed by atoms with E-state index >= 15 is 4.79 Å². The quantitative estimate of drug-likeness (QED) is 0.0364. The third-order valence-corrected chi connectivity index (χ3v) is 10.4. The normalized spacial score (nSPS) is 17.9. The molecule has 1 aliphatic heterocycles. The fraction of sp³-hybridized carbons (Fsp3) is 0.408. The standard InChI is InChI=1S/C49H62N6O9/c1-52(2)33-50-47(56)41-21-13-19-39(27-41)31-54-43(29-37-15-9-7-10-16-37)45(63-35-61-25-23-59-5)46(64-36-62-26-24-60-6)44(30-38-17-11-8-12-18-38)55(49(54)58)32-40-20-14-22-42(28-40)48(57)51-34-53(3)4/h7-22,27-28,33-34,43-46H,23-26,29-32,35-36H2,1-6H3/t43-,44-,45+,46+/m1/s1. The molecule has 0 N–H and O–H groups in total. The Morgan fingerprint density at radius 2 is 0.953 bits per heavy atom. The van der Waals surface area contributed by atoms with Gasteiger partial charge in [-0.2, -0.15) is 9.98 Å². The zero-order valence-electron chi connectivity index (χ0n) is 37.8. The number of benzene rings is 4. The minimum absolute atomic E-state index is 0.0998. The molecule has 64 heavy (non-hydrogen) atoms. The number of ether oxygens (including phenoxy) is 6. The van der Waals surface area contributed by atoms with Crippen LogP contribution in [0.15, 0.2) is 119 Å². The fourth-order valence-electron chi connectivity index (χ4n) is 7.33. The molecular formula is C49H62N6O9. The van der Waals surface area contributed by atoms with E-state index in [1.807, 2.05) is 82.6 Å². The van der Waals surface area contributed by atoms with Crippen molar-refractivity contribution >= 4 is 30.5 Å². The number of hydrogen-bond acceptors (Lipinski definition) is 9. The first-order valence-electron chi connectivity index (χ1n) is 21.3. The van der Waals surface area contributed by atoms with Crippen LogP contribution in [0, 0.1) is 0 Å². The zero-order valence-corrected chi connectivity index (χ0v) is 37.8. The molecule has 4 atom stereocenters. The van der Waals surface area contributed by atoms with Gasteiger partial charge in [-0.15, -0.1) is 0 Å². The molecule has 4 aromatic carbocycles. The Bertz CT molecular complexity index is 1960. The molecule has 0 aliphatic carbocycles. The summed E-state index contributed by atoms with van der Waals surface area (Å²) in [7, 11) is 10.4. The Hall–Kier alpha value is -5.81. The molecule has 4 aromatic rings. The average Bonchev–Trinajstić information content (AvgIpc) is 3.37. The lowest BCUT2D eigenvalue weighted by atomic mass is 9.90. The Balaban J connectivity index is 1.71. The lowest BCUT2D eigenvalue weighted by molar-refractivity contribution is -0.192. The third kappa shape index (κ3) is 15.2. The summed E-state index contributed by atoms with van der Waals surface area (Å²) >= 11 is 0. The van der Waals surface area contributed by atoms with Crippen molar-refractivity contribution in [2.24, 2.45) is 9.98 Å².